The van der Waals surface area contributed by atoms with Crippen molar-refractivity contribution < 1.29 is 14.2 Å². The van der Waals surface area contributed by atoms with Crippen LogP contribution in [0.3, 0.4) is 0 Å². The zero-order valence-electron chi connectivity index (χ0n) is 10.9. The summed E-state index contributed by atoms with van der Waals surface area (Å²) in [5.74, 6) is 1.39. The zero-order valence-corrected chi connectivity index (χ0v) is 11.6. The summed E-state index contributed by atoms with van der Waals surface area (Å²) < 4.78 is 16.4. The Morgan fingerprint density at radius 1 is 1.39 bits per heavy atom. The molecule has 0 saturated heterocycles. The Kier molecular flexibility index (Phi) is 4.32. The summed E-state index contributed by atoms with van der Waals surface area (Å²) in [6, 6.07) is 1.86. The van der Waals surface area contributed by atoms with E-state index < -0.39 is 0 Å². The summed E-state index contributed by atoms with van der Waals surface area (Å²) in [5.41, 5.74) is 2.12. The van der Waals surface area contributed by atoms with Crippen LogP contribution in [0.4, 0.5) is 0 Å². The average molecular weight is 272 g/mol. The first-order valence-electron chi connectivity index (χ1n) is 5.91. The van der Waals surface area contributed by atoms with Crippen LogP contribution in [0, 0.1) is 0 Å². The first kappa shape index (κ1) is 13.5. The number of nitrogens with one attached hydrogen (secondary N) is 1. The Labute approximate surface area is 112 Å². The fraction of sp³-hybridized carbons (Fsp3) is 0.538. The van der Waals surface area contributed by atoms with E-state index in [0.29, 0.717) is 24.0 Å². The Hall–Kier alpha value is -0.970. The smallest absolute Gasteiger partial charge is 0.165 e. The Morgan fingerprint density at radius 2 is 2.17 bits per heavy atom. The van der Waals surface area contributed by atoms with Gasteiger partial charge in [0.15, 0.2) is 11.5 Å². The van der Waals surface area contributed by atoms with Crippen molar-refractivity contribution in [3.63, 3.8) is 0 Å². The minimum absolute atomic E-state index is 0.0602. The quantitative estimate of drug-likeness (QED) is 0.915. The minimum atomic E-state index is 0.0602. The predicted molar refractivity (Wildman–Crippen MR) is 70.9 cm³/mol. The van der Waals surface area contributed by atoms with E-state index in [1.165, 1.54) is 0 Å². The number of benzene rings is 1. The lowest BCUT2D eigenvalue weighted by Gasteiger charge is -2.22. The fourth-order valence-corrected chi connectivity index (χ4v) is 2.63. The number of ether oxygens (including phenoxy) is 3. The third kappa shape index (κ3) is 2.28. The molecule has 0 amide bonds. The maximum atomic E-state index is 6.33. The van der Waals surface area contributed by atoms with E-state index >= 15 is 0 Å². The number of likely N-dealkylation sites (N-methyl/N-ethyl adjacent to an activating group) is 1. The molecule has 18 heavy (non-hydrogen) atoms. The van der Waals surface area contributed by atoms with Gasteiger partial charge in [0.1, 0.15) is 0 Å². The summed E-state index contributed by atoms with van der Waals surface area (Å²) in [6.45, 7) is 1.27. The maximum Gasteiger partial charge on any atom is 0.165 e. The van der Waals surface area contributed by atoms with Gasteiger partial charge in [-0.2, -0.15) is 0 Å². The van der Waals surface area contributed by atoms with Crippen LogP contribution < -0.4 is 14.8 Å². The highest BCUT2D eigenvalue weighted by Gasteiger charge is 2.26. The number of methoxy groups -OCH3 is 2. The number of rotatable bonds is 3. The van der Waals surface area contributed by atoms with Gasteiger partial charge in [-0.3, -0.25) is 0 Å². The lowest BCUT2D eigenvalue weighted by atomic mass is 9.97. The van der Waals surface area contributed by atoms with Crippen LogP contribution in [-0.4, -0.2) is 34.5 Å². The van der Waals surface area contributed by atoms with Gasteiger partial charge in [-0.25, -0.2) is 0 Å². The largest absolute Gasteiger partial charge is 0.493 e. The molecule has 1 aromatic carbocycles. The molecule has 0 aromatic heterocycles. The number of halogens is 1. The van der Waals surface area contributed by atoms with Crippen molar-refractivity contribution in [1.29, 1.82) is 0 Å². The van der Waals surface area contributed by atoms with Crippen molar-refractivity contribution in [2.45, 2.75) is 12.5 Å². The third-order valence-corrected chi connectivity index (χ3v) is 3.58. The molecule has 1 aliphatic rings. The van der Waals surface area contributed by atoms with Crippen molar-refractivity contribution >= 4 is 11.6 Å². The fourth-order valence-electron chi connectivity index (χ4n) is 2.34. The SMILES string of the molecule is CNC1COCCc2c(Cl)cc(OC)c(OC)c21. The maximum absolute atomic E-state index is 6.33. The molecule has 1 aliphatic heterocycles. The Morgan fingerprint density at radius 3 is 2.78 bits per heavy atom. The van der Waals surface area contributed by atoms with Crippen LogP contribution >= 0.6 is 11.6 Å². The molecule has 0 spiro atoms. The van der Waals surface area contributed by atoms with Crippen molar-refractivity contribution in [2.24, 2.45) is 0 Å². The number of hydrogen-bond donors (Lipinski definition) is 1. The lowest BCUT2D eigenvalue weighted by molar-refractivity contribution is 0.123. The molecule has 1 aromatic rings. The molecule has 0 aliphatic carbocycles. The van der Waals surface area contributed by atoms with Gasteiger partial charge < -0.3 is 19.5 Å². The van der Waals surface area contributed by atoms with E-state index in [2.05, 4.69) is 5.32 Å². The molecule has 4 nitrogen and oxygen atoms in total. The monoisotopic (exact) mass is 271 g/mol. The molecule has 2 rings (SSSR count). The summed E-state index contributed by atoms with van der Waals surface area (Å²) in [6.07, 6.45) is 0.784. The van der Waals surface area contributed by atoms with E-state index in [9.17, 15) is 0 Å². The van der Waals surface area contributed by atoms with Gasteiger partial charge in [0.2, 0.25) is 0 Å². The van der Waals surface area contributed by atoms with Crippen LogP contribution in [-0.2, 0) is 11.2 Å². The van der Waals surface area contributed by atoms with Gasteiger partial charge in [-0.15, -0.1) is 0 Å². The van der Waals surface area contributed by atoms with Gasteiger partial charge >= 0.3 is 0 Å². The van der Waals surface area contributed by atoms with Gasteiger partial charge in [0.05, 0.1) is 33.5 Å². The van der Waals surface area contributed by atoms with Gasteiger partial charge in [0.25, 0.3) is 0 Å². The van der Waals surface area contributed by atoms with Crippen LogP contribution in [0.5, 0.6) is 11.5 Å². The second kappa shape index (κ2) is 5.78. The molecule has 100 valence electrons. The van der Waals surface area contributed by atoms with Gasteiger partial charge in [-0.1, -0.05) is 11.6 Å². The van der Waals surface area contributed by atoms with E-state index in [4.69, 9.17) is 25.8 Å². The van der Waals surface area contributed by atoms with Crippen LogP contribution in [0.2, 0.25) is 5.02 Å². The molecule has 1 atom stereocenters. The molecular weight excluding hydrogens is 254 g/mol. The highest BCUT2D eigenvalue weighted by Crippen LogP contribution is 2.42. The van der Waals surface area contributed by atoms with E-state index in [0.717, 1.165) is 23.3 Å². The molecule has 1 unspecified atom stereocenters. The third-order valence-electron chi connectivity index (χ3n) is 3.24. The van der Waals surface area contributed by atoms with E-state index in [-0.39, 0.29) is 6.04 Å². The topological polar surface area (TPSA) is 39.7 Å². The highest BCUT2D eigenvalue weighted by atomic mass is 35.5. The Balaban J connectivity index is 2.64. The van der Waals surface area contributed by atoms with Crippen LogP contribution in [0.15, 0.2) is 6.07 Å². The Bertz CT molecular complexity index is 437. The van der Waals surface area contributed by atoms with Gasteiger partial charge in [-0.05, 0) is 19.0 Å². The van der Waals surface area contributed by atoms with E-state index in [1.807, 2.05) is 7.05 Å². The van der Waals surface area contributed by atoms with Crippen LogP contribution in [0.1, 0.15) is 17.2 Å². The summed E-state index contributed by atoms with van der Waals surface area (Å²) in [5, 5.41) is 3.94. The lowest BCUT2D eigenvalue weighted by Crippen LogP contribution is -2.22. The second-order valence-corrected chi connectivity index (χ2v) is 4.56. The molecule has 1 N–H and O–H groups in total. The predicted octanol–water partition coefficient (Wildman–Crippen LogP) is 2.19. The standard InChI is InChI=1S/C13H18ClNO3/c1-15-10-7-18-5-4-8-9(14)6-11(16-2)13(17-3)12(8)10/h6,10,15H,4-5,7H2,1-3H3. The molecule has 1 heterocycles. The molecule has 0 saturated carbocycles. The van der Waals surface area contributed by atoms with Crippen molar-refractivity contribution in [3.05, 3.63) is 22.2 Å². The van der Waals surface area contributed by atoms with Crippen molar-refractivity contribution in [2.75, 3.05) is 34.5 Å². The molecule has 0 fully saturated rings. The molecule has 5 heteroatoms. The number of hydrogen-bond acceptors (Lipinski definition) is 4. The first-order chi connectivity index (χ1) is 8.72. The van der Waals surface area contributed by atoms with Crippen molar-refractivity contribution in [1.82, 2.24) is 5.32 Å². The molecule has 0 radical (unpaired) electrons. The van der Waals surface area contributed by atoms with Crippen LogP contribution in [0.25, 0.3) is 0 Å². The normalized spacial score (nSPS) is 19.0. The summed E-state index contributed by atoms with van der Waals surface area (Å²) in [4.78, 5) is 0. The summed E-state index contributed by atoms with van der Waals surface area (Å²) in [7, 11) is 5.16. The molecule has 0 bridgehead atoms. The number of fused-ring (bicyclic) bond motifs is 1. The minimum Gasteiger partial charge on any atom is -0.493 e. The molecular formula is C13H18ClNO3. The zero-order chi connectivity index (χ0) is 13.1. The summed E-state index contributed by atoms with van der Waals surface area (Å²) >= 11 is 6.33. The average Bonchev–Trinajstić information content (AvgIpc) is 2.61. The van der Waals surface area contributed by atoms with Gasteiger partial charge in [0, 0.05) is 16.7 Å². The van der Waals surface area contributed by atoms with Crippen molar-refractivity contribution in [3.8, 4) is 11.5 Å². The highest BCUT2D eigenvalue weighted by molar-refractivity contribution is 6.31. The first-order valence-corrected chi connectivity index (χ1v) is 6.29. The second-order valence-electron chi connectivity index (χ2n) is 4.15. The van der Waals surface area contributed by atoms with E-state index in [1.54, 1.807) is 20.3 Å².